The van der Waals surface area contributed by atoms with Gasteiger partial charge in [-0.15, -0.1) is 0 Å². The normalized spacial score (nSPS) is 11.7. The largest absolute Gasteiger partial charge is 0.508 e. The molecule has 2 N–H and O–H groups in total. The minimum Gasteiger partial charge on any atom is -0.508 e. The van der Waals surface area contributed by atoms with Crippen molar-refractivity contribution in [1.29, 1.82) is 0 Å². The van der Waals surface area contributed by atoms with Crippen LogP contribution < -0.4 is 5.56 Å². The summed E-state index contributed by atoms with van der Waals surface area (Å²) in [5.74, 6) is 0.181. The predicted octanol–water partition coefficient (Wildman–Crippen LogP) is 2.47. The molecule has 0 fully saturated rings. The molecule has 6 nitrogen and oxygen atoms in total. The first kappa shape index (κ1) is 13.3. The molecular weight excluding hydrogens is 292 g/mol. The van der Waals surface area contributed by atoms with Crippen molar-refractivity contribution in [3.05, 3.63) is 70.8 Å². The molecule has 2 aromatic heterocycles. The third kappa shape index (κ3) is 2.26. The Labute approximate surface area is 130 Å². The number of nitrogens with one attached hydrogen (secondary N) is 1. The van der Waals surface area contributed by atoms with Gasteiger partial charge in [0.15, 0.2) is 0 Å². The van der Waals surface area contributed by atoms with E-state index in [1.165, 1.54) is 17.2 Å². The van der Waals surface area contributed by atoms with Crippen molar-refractivity contribution in [3.8, 4) is 5.75 Å². The van der Waals surface area contributed by atoms with Crippen LogP contribution in [0.3, 0.4) is 0 Å². The van der Waals surface area contributed by atoms with Crippen LogP contribution in [0.5, 0.6) is 5.75 Å². The van der Waals surface area contributed by atoms with Crippen LogP contribution in [-0.4, -0.2) is 26.0 Å². The van der Waals surface area contributed by atoms with Gasteiger partial charge in [-0.25, -0.2) is 4.98 Å². The number of nitrogens with zero attached hydrogens (tertiary/aromatic N) is 3. The van der Waals surface area contributed by atoms with Crippen molar-refractivity contribution in [1.82, 2.24) is 14.6 Å². The molecule has 0 amide bonds. The second-order valence-electron chi connectivity index (χ2n) is 5.12. The molecule has 0 atom stereocenters. The van der Waals surface area contributed by atoms with Gasteiger partial charge >= 0.3 is 0 Å². The molecule has 0 unspecified atom stereocenters. The summed E-state index contributed by atoms with van der Waals surface area (Å²) in [5.41, 5.74) is 2.44. The maximum atomic E-state index is 12.5. The lowest BCUT2D eigenvalue weighted by molar-refractivity contribution is 0.475. The molecule has 0 saturated carbocycles. The van der Waals surface area contributed by atoms with Crippen molar-refractivity contribution in [2.75, 3.05) is 0 Å². The smallest absolute Gasteiger partial charge is 0.298 e. The van der Waals surface area contributed by atoms with Gasteiger partial charge < -0.3 is 10.1 Å². The zero-order chi connectivity index (χ0) is 15.8. The van der Waals surface area contributed by atoms with Gasteiger partial charge in [0.2, 0.25) is 0 Å². The number of phenols is 1. The van der Waals surface area contributed by atoms with Gasteiger partial charge in [0, 0.05) is 10.9 Å². The Balaban J connectivity index is 1.82. The van der Waals surface area contributed by atoms with E-state index in [1.54, 1.807) is 24.3 Å². The molecule has 0 aliphatic heterocycles. The highest BCUT2D eigenvalue weighted by molar-refractivity contribution is 6.04. The van der Waals surface area contributed by atoms with Crippen LogP contribution in [0, 0.1) is 0 Å². The number of benzene rings is 2. The molecule has 23 heavy (non-hydrogen) atoms. The molecule has 0 aliphatic rings. The number of hydrogen-bond acceptors (Lipinski definition) is 4. The first-order valence-electron chi connectivity index (χ1n) is 7.04. The Morgan fingerprint density at radius 3 is 2.74 bits per heavy atom. The lowest BCUT2D eigenvalue weighted by Gasteiger charge is -1.98. The van der Waals surface area contributed by atoms with E-state index in [2.05, 4.69) is 15.1 Å². The van der Waals surface area contributed by atoms with E-state index in [4.69, 9.17) is 0 Å². The molecule has 0 spiro atoms. The number of aromatic hydroxyl groups is 1. The monoisotopic (exact) mass is 304 g/mol. The predicted molar refractivity (Wildman–Crippen MR) is 89.0 cm³/mol. The number of para-hydroxylation sites is 1. The number of aromatic nitrogens is 3. The Bertz CT molecular complexity index is 1090. The minimum absolute atomic E-state index is 0.181. The third-order valence-corrected chi connectivity index (χ3v) is 3.62. The topological polar surface area (TPSA) is 83.3 Å². The average molecular weight is 304 g/mol. The number of rotatable bonds is 2. The lowest BCUT2D eigenvalue weighted by atomic mass is 10.2. The molecule has 0 radical (unpaired) electrons. The van der Waals surface area contributed by atoms with Crippen molar-refractivity contribution in [2.24, 2.45) is 5.10 Å². The minimum atomic E-state index is -0.263. The van der Waals surface area contributed by atoms with Crippen molar-refractivity contribution >= 4 is 28.2 Å². The summed E-state index contributed by atoms with van der Waals surface area (Å²) in [6, 6.07) is 14.2. The maximum absolute atomic E-state index is 12.5. The summed E-state index contributed by atoms with van der Waals surface area (Å²) in [6.07, 6.45) is 2.94. The Morgan fingerprint density at radius 2 is 1.91 bits per heavy atom. The SMILES string of the molecule is O=c1c2[nH]c3ccccc3c2ncn1/N=C\c1ccc(O)cc1. The molecule has 6 heteroatoms. The van der Waals surface area contributed by atoms with Gasteiger partial charge in [-0.05, 0) is 35.9 Å². The van der Waals surface area contributed by atoms with E-state index in [9.17, 15) is 9.90 Å². The quantitative estimate of drug-likeness (QED) is 0.558. The molecule has 0 aliphatic carbocycles. The van der Waals surface area contributed by atoms with Crippen LogP contribution in [0.15, 0.2) is 64.8 Å². The fraction of sp³-hybridized carbons (Fsp3) is 0. The Hall–Kier alpha value is -3.41. The molecule has 112 valence electrons. The van der Waals surface area contributed by atoms with Crippen LogP contribution in [0.25, 0.3) is 21.9 Å². The van der Waals surface area contributed by atoms with E-state index in [-0.39, 0.29) is 11.3 Å². The summed E-state index contributed by atoms with van der Waals surface area (Å²) < 4.78 is 1.19. The lowest BCUT2D eigenvalue weighted by Crippen LogP contribution is -2.17. The highest BCUT2D eigenvalue weighted by Gasteiger charge is 2.09. The van der Waals surface area contributed by atoms with Gasteiger partial charge in [0.1, 0.15) is 23.1 Å². The second kappa shape index (κ2) is 5.10. The average Bonchev–Trinajstić information content (AvgIpc) is 2.95. The van der Waals surface area contributed by atoms with Gasteiger partial charge in [0.25, 0.3) is 5.56 Å². The Kier molecular flexibility index (Phi) is 2.94. The first-order chi connectivity index (χ1) is 11.2. The number of fused-ring (bicyclic) bond motifs is 3. The first-order valence-corrected chi connectivity index (χ1v) is 7.04. The zero-order valence-electron chi connectivity index (χ0n) is 12.0. The van der Waals surface area contributed by atoms with Gasteiger partial charge in [-0.3, -0.25) is 4.79 Å². The summed E-state index contributed by atoms with van der Waals surface area (Å²) in [6.45, 7) is 0. The summed E-state index contributed by atoms with van der Waals surface area (Å²) in [7, 11) is 0. The molecule has 0 bridgehead atoms. The maximum Gasteiger partial charge on any atom is 0.298 e. The van der Waals surface area contributed by atoms with Crippen LogP contribution in [0.1, 0.15) is 5.56 Å². The molecule has 2 heterocycles. The van der Waals surface area contributed by atoms with Gasteiger partial charge in [-0.2, -0.15) is 9.78 Å². The van der Waals surface area contributed by atoms with Crippen LogP contribution in [0.4, 0.5) is 0 Å². The van der Waals surface area contributed by atoms with Crippen LogP contribution in [-0.2, 0) is 0 Å². The van der Waals surface area contributed by atoms with Gasteiger partial charge in [-0.1, -0.05) is 18.2 Å². The van der Waals surface area contributed by atoms with E-state index >= 15 is 0 Å². The van der Waals surface area contributed by atoms with Crippen molar-refractivity contribution in [3.63, 3.8) is 0 Å². The van der Waals surface area contributed by atoms with E-state index in [0.29, 0.717) is 11.0 Å². The number of phenolic OH excluding ortho intramolecular Hbond substituents is 1. The van der Waals surface area contributed by atoms with E-state index in [1.807, 2.05) is 24.3 Å². The van der Waals surface area contributed by atoms with Gasteiger partial charge in [0.05, 0.1) is 6.21 Å². The highest BCUT2D eigenvalue weighted by Crippen LogP contribution is 2.20. The van der Waals surface area contributed by atoms with Crippen LogP contribution >= 0.6 is 0 Å². The van der Waals surface area contributed by atoms with E-state index < -0.39 is 0 Å². The van der Waals surface area contributed by atoms with Crippen LogP contribution in [0.2, 0.25) is 0 Å². The van der Waals surface area contributed by atoms with E-state index in [0.717, 1.165) is 16.5 Å². The fourth-order valence-corrected chi connectivity index (χ4v) is 2.47. The summed E-state index contributed by atoms with van der Waals surface area (Å²) in [4.78, 5) is 19.9. The summed E-state index contributed by atoms with van der Waals surface area (Å²) in [5, 5.41) is 14.3. The van der Waals surface area contributed by atoms with Crippen molar-refractivity contribution < 1.29 is 5.11 Å². The van der Waals surface area contributed by atoms with Crippen molar-refractivity contribution in [2.45, 2.75) is 0 Å². The molecule has 4 rings (SSSR count). The number of aromatic amines is 1. The standard InChI is InChI=1S/C17H12N4O2/c22-12-7-5-11(6-8-12)9-19-21-10-18-15-13-3-1-2-4-14(13)20-16(15)17(21)23/h1-10,20,22H/b19-9-. The fourth-order valence-electron chi connectivity index (χ4n) is 2.47. The molecule has 4 aromatic rings. The molecule has 0 saturated heterocycles. The Morgan fingerprint density at radius 1 is 1.13 bits per heavy atom. The second-order valence-corrected chi connectivity index (χ2v) is 5.12. The summed E-state index contributed by atoms with van der Waals surface area (Å²) >= 11 is 0. The highest BCUT2D eigenvalue weighted by atomic mass is 16.3. The number of H-pyrrole nitrogens is 1. The number of hydrogen-bond donors (Lipinski definition) is 2. The third-order valence-electron chi connectivity index (χ3n) is 3.62. The zero-order valence-corrected chi connectivity index (χ0v) is 12.0. The molecular formula is C17H12N4O2. The molecule has 2 aromatic carbocycles.